The molecule has 22 heavy (non-hydrogen) atoms. The third kappa shape index (κ3) is 8.97. The lowest BCUT2D eigenvalue weighted by Crippen LogP contribution is -2.35. The van der Waals surface area contributed by atoms with Crippen LogP contribution in [0.15, 0.2) is 11.8 Å². The van der Waals surface area contributed by atoms with Gasteiger partial charge in [0.1, 0.15) is 17.7 Å². The standard InChI is InChI=1S/C15H25N3O4/c1-4-22-7-5-6-17-14(19)12(9-16)10-18-13(15(20)21)8-11(2)3/h10-11,13,18H,4-8H2,1-3H3,(H,17,19)(H,20,21)/b12-10-. The molecule has 3 N–H and O–H groups in total. The Kier molecular flexibility index (Phi) is 10.5. The highest BCUT2D eigenvalue weighted by Gasteiger charge is 2.18. The van der Waals surface area contributed by atoms with E-state index in [1.54, 1.807) is 6.07 Å². The van der Waals surface area contributed by atoms with E-state index >= 15 is 0 Å². The molecule has 0 spiro atoms. The molecule has 0 aliphatic rings. The molecule has 0 aromatic rings. The highest BCUT2D eigenvalue weighted by molar-refractivity contribution is 5.97. The van der Waals surface area contributed by atoms with Crippen LogP contribution in [-0.2, 0) is 14.3 Å². The number of carboxylic acids is 1. The van der Waals surface area contributed by atoms with E-state index in [9.17, 15) is 9.59 Å². The lowest BCUT2D eigenvalue weighted by atomic mass is 10.0. The topological polar surface area (TPSA) is 111 Å². The number of carbonyl (C=O) groups is 2. The molecule has 1 amide bonds. The number of hydrogen-bond acceptors (Lipinski definition) is 5. The van der Waals surface area contributed by atoms with Crippen molar-refractivity contribution in [3.63, 3.8) is 0 Å². The monoisotopic (exact) mass is 311 g/mol. The van der Waals surface area contributed by atoms with Gasteiger partial charge in [0.15, 0.2) is 0 Å². The smallest absolute Gasteiger partial charge is 0.326 e. The predicted octanol–water partition coefficient (Wildman–Crippen LogP) is 1.03. The Morgan fingerprint density at radius 3 is 2.59 bits per heavy atom. The first-order valence-electron chi connectivity index (χ1n) is 7.37. The van der Waals surface area contributed by atoms with Crippen LogP contribution in [0.2, 0.25) is 0 Å². The van der Waals surface area contributed by atoms with E-state index in [4.69, 9.17) is 15.1 Å². The van der Waals surface area contributed by atoms with Crippen LogP contribution in [0.25, 0.3) is 0 Å². The minimum Gasteiger partial charge on any atom is -0.480 e. The molecule has 0 heterocycles. The minimum atomic E-state index is -1.01. The van der Waals surface area contributed by atoms with E-state index in [-0.39, 0.29) is 11.5 Å². The summed E-state index contributed by atoms with van der Waals surface area (Å²) < 4.78 is 5.14. The van der Waals surface area contributed by atoms with E-state index < -0.39 is 17.9 Å². The maximum Gasteiger partial charge on any atom is 0.326 e. The molecule has 124 valence electrons. The van der Waals surface area contributed by atoms with Gasteiger partial charge in [-0.05, 0) is 25.7 Å². The van der Waals surface area contributed by atoms with Gasteiger partial charge in [-0.2, -0.15) is 5.26 Å². The second kappa shape index (κ2) is 11.6. The van der Waals surface area contributed by atoms with Crippen molar-refractivity contribution in [2.45, 2.75) is 39.7 Å². The average Bonchev–Trinajstić information content (AvgIpc) is 2.45. The molecule has 0 aliphatic carbocycles. The van der Waals surface area contributed by atoms with E-state index in [2.05, 4.69) is 10.6 Å². The van der Waals surface area contributed by atoms with Crippen LogP contribution >= 0.6 is 0 Å². The predicted molar refractivity (Wildman–Crippen MR) is 81.8 cm³/mol. The van der Waals surface area contributed by atoms with Crippen molar-refractivity contribution in [2.24, 2.45) is 5.92 Å². The molecule has 0 aromatic heterocycles. The number of rotatable bonds is 11. The van der Waals surface area contributed by atoms with Crippen molar-refractivity contribution in [1.29, 1.82) is 5.26 Å². The largest absolute Gasteiger partial charge is 0.480 e. The number of nitrogens with zero attached hydrogens (tertiary/aromatic N) is 1. The van der Waals surface area contributed by atoms with E-state index in [0.29, 0.717) is 32.6 Å². The summed E-state index contributed by atoms with van der Waals surface area (Å²) in [6.45, 7) is 7.24. The maximum absolute atomic E-state index is 11.8. The number of carbonyl (C=O) groups excluding carboxylic acids is 1. The number of carboxylic acid groups (broad SMARTS) is 1. The first-order valence-corrected chi connectivity index (χ1v) is 7.37. The van der Waals surface area contributed by atoms with Crippen molar-refractivity contribution < 1.29 is 19.4 Å². The minimum absolute atomic E-state index is 0.147. The molecule has 7 nitrogen and oxygen atoms in total. The molecule has 0 bridgehead atoms. The summed E-state index contributed by atoms with van der Waals surface area (Å²) in [6, 6.07) is 0.939. The van der Waals surface area contributed by atoms with Crippen molar-refractivity contribution in [3.05, 3.63) is 11.8 Å². The van der Waals surface area contributed by atoms with Crippen LogP contribution in [0.5, 0.6) is 0 Å². The molecular weight excluding hydrogens is 286 g/mol. The van der Waals surface area contributed by atoms with Crippen molar-refractivity contribution >= 4 is 11.9 Å². The summed E-state index contributed by atoms with van der Waals surface area (Å²) >= 11 is 0. The molecule has 0 saturated heterocycles. The molecule has 1 atom stereocenters. The molecule has 7 heteroatoms. The van der Waals surface area contributed by atoms with Crippen molar-refractivity contribution in [2.75, 3.05) is 19.8 Å². The first-order chi connectivity index (χ1) is 10.4. The van der Waals surface area contributed by atoms with Crippen molar-refractivity contribution in [1.82, 2.24) is 10.6 Å². The Balaban J connectivity index is 4.44. The molecule has 0 fully saturated rings. The van der Waals surface area contributed by atoms with Crippen LogP contribution in [-0.4, -0.2) is 42.8 Å². The van der Waals surface area contributed by atoms with Crippen LogP contribution in [0, 0.1) is 17.2 Å². The summed E-state index contributed by atoms with van der Waals surface area (Å²) in [5.74, 6) is -1.36. The van der Waals surface area contributed by atoms with Gasteiger partial charge in [0.2, 0.25) is 0 Å². The number of hydrogen-bond donors (Lipinski definition) is 3. The highest BCUT2D eigenvalue weighted by atomic mass is 16.5. The average molecular weight is 311 g/mol. The zero-order valence-corrected chi connectivity index (χ0v) is 13.4. The summed E-state index contributed by atoms with van der Waals surface area (Å²) in [4.78, 5) is 22.9. The van der Waals surface area contributed by atoms with Crippen LogP contribution in [0.3, 0.4) is 0 Å². The van der Waals surface area contributed by atoms with Gasteiger partial charge in [0.05, 0.1) is 0 Å². The first kappa shape index (κ1) is 19.9. The van der Waals surface area contributed by atoms with Crippen LogP contribution in [0.4, 0.5) is 0 Å². The normalized spacial score (nSPS) is 12.6. The SMILES string of the molecule is CCOCCCNC(=O)/C(C#N)=C\NC(CC(C)C)C(=O)O. The zero-order chi connectivity index (χ0) is 17.0. The van der Waals surface area contributed by atoms with E-state index in [1.807, 2.05) is 20.8 Å². The van der Waals surface area contributed by atoms with Gasteiger partial charge in [-0.1, -0.05) is 13.8 Å². The second-order valence-electron chi connectivity index (χ2n) is 5.16. The van der Waals surface area contributed by atoms with Gasteiger partial charge >= 0.3 is 5.97 Å². The number of nitriles is 1. The fourth-order valence-electron chi connectivity index (χ4n) is 1.66. The zero-order valence-electron chi connectivity index (χ0n) is 13.4. The molecule has 1 unspecified atom stereocenters. The number of amides is 1. The van der Waals surface area contributed by atoms with Gasteiger partial charge in [-0.15, -0.1) is 0 Å². The number of ether oxygens (including phenoxy) is 1. The summed E-state index contributed by atoms with van der Waals surface area (Å²) in [5.41, 5.74) is -0.147. The van der Waals surface area contributed by atoms with Crippen LogP contribution < -0.4 is 10.6 Å². The lowest BCUT2D eigenvalue weighted by molar-refractivity contribution is -0.139. The fourth-order valence-corrected chi connectivity index (χ4v) is 1.66. The second-order valence-corrected chi connectivity index (χ2v) is 5.16. The third-order valence-corrected chi connectivity index (χ3v) is 2.75. The Hall–Kier alpha value is -2.07. The van der Waals surface area contributed by atoms with E-state index in [0.717, 1.165) is 0 Å². The van der Waals surface area contributed by atoms with Gasteiger partial charge in [0, 0.05) is 26.0 Å². The van der Waals surface area contributed by atoms with Gasteiger partial charge in [-0.25, -0.2) is 4.79 Å². The lowest BCUT2D eigenvalue weighted by Gasteiger charge is -2.15. The fraction of sp³-hybridized carbons (Fsp3) is 0.667. The van der Waals surface area contributed by atoms with E-state index in [1.165, 1.54) is 6.20 Å². The Morgan fingerprint density at radius 1 is 1.41 bits per heavy atom. The summed E-state index contributed by atoms with van der Waals surface area (Å²) in [5, 5.41) is 23.3. The van der Waals surface area contributed by atoms with Gasteiger partial charge in [-0.3, -0.25) is 4.79 Å². The molecule has 0 radical (unpaired) electrons. The molecular formula is C15H25N3O4. The maximum atomic E-state index is 11.8. The Labute approximate surface area is 131 Å². The Morgan fingerprint density at radius 2 is 2.09 bits per heavy atom. The molecule has 0 aromatic carbocycles. The number of aliphatic carboxylic acids is 1. The van der Waals surface area contributed by atoms with Gasteiger partial charge in [0.25, 0.3) is 5.91 Å². The molecule has 0 rings (SSSR count). The highest BCUT2D eigenvalue weighted by Crippen LogP contribution is 2.05. The quantitative estimate of drug-likeness (QED) is 0.298. The summed E-state index contributed by atoms with van der Waals surface area (Å²) in [7, 11) is 0. The number of nitrogens with one attached hydrogen (secondary N) is 2. The molecule has 0 aliphatic heterocycles. The van der Waals surface area contributed by atoms with Crippen LogP contribution in [0.1, 0.15) is 33.6 Å². The summed E-state index contributed by atoms with van der Waals surface area (Å²) in [6.07, 6.45) is 2.22. The molecule has 0 saturated carbocycles. The third-order valence-electron chi connectivity index (χ3n) is 2.75. The van der Waals surface area contributed by atoms with Gasteiger partial charge < -0.3 is 20.5 Å². The Bertz CT molecular complexity index is 427. The van der Waals surface area contributed by atoms with Crippen molar-refractivity contribution in [3.8, 4) is 6.07 Å².